The molecule has 0 saturated heterocycles. The number of allylic oxidation sites excluding steroid dienone is 2. The first-order valence-electron chi connectivity index (χ1n) is 21.2. The molecule has 0 aliphatic carbocycles. The Balaban J connectivity index is 0. The first-order chi connectivity index (χ1) is 25.1. The van der Waals surface area contributed by atoms with Crippen molar-refractivity contribution in [1.29, 1.82) is 0 Å². The van der Waals surface area contributed by atoms with Crippen LogP contribution in [0.1, 0.15) is 200 Å². The van der Waals surface area contributed by atoms with Crippen LogP contribution in [0.15, 0.2) is 12.2 Å². The summed E-state index contributed by atoms with van der Waals surface area (Å²) in [5, 5.41) is 17.7. The quantitative estimate of drug-likeness (QED) is 0.0134. The second-order valence-corrected chi connectivity index (χ2v) is 15.6. The van der Waals surface area contributed by atoms with Crippen molar-refractivity contribution in [3.05, 3.63) is 12.2 Å². The van der Waals surface area contributed by atoms with Gasteiger partial charge in [0.25, 0.3) is 0 Å². The summed E-state index contributed by atoms with van der Waals surface area (Å²) in [4.78, 5) is 43.6. The zero-order valence-corrected chi connectivity index (χ0v) is 34.4. The Hall–Kier alpha value is -1.13. The van der Waals surface area contributed by atoms with Crippen LogP contribution in [-0.2, 0) is 23.4 Å². The minimum Gasteiger partial charge on any atom is -0.462 e. The number of carbonyl (C=O) groups is 2. The highest BCUT2D eigenvalue weighted by molar-refractivity contribution is 7.46. The maximum atomic E-state index is 13.1. The molecule has 6 N–H and O–H groups in total. The maximum absolute atomic E-state index is 13.1. The molecule has 0 rings (SSSR count). The van der Waals surface area contributed by atoms with Crippen molar-refractivity contribution in [2.45, 2.75) is 206 Å². The average Bonchev–Trinajstić information content (AvgIpc) is 3.12. The third kappa shape index (κ3) is 41.6. The largest absolute Gasteiger partial charge is 0.469 e. The van der Waals surface area contributed by atoms with Gasteiger partial charge in [-0.2, -0.15) is 0 Å². The van der Waals surface area contributed by atoms with Crippen LogP contribution in [0, 0.1) is 5.92 Å². The van der Waals surface area contributed by atoms with Gasteiger partial charge in [-0.15, -0.1) is 0 Å². The van der Waals surface area contributed by atoms with E-state index in [4.69, 9.17) is 25.4 Å². The van der Waals surface area contributed by atoms with Gasteiger partial charge in [0.15, 0.2) is 0 Å². The molecule has 0 aliphatic rings. The minimum absolute atomic E-state index is 0.0972. The summed E-state index contributed by atoms with van der Waals surface area (Å²) in [6.45, 7) is 3.83. The van der Waals surface area contributed by atoms with Gasteiger partial charge >= 0.3 is 13.8 Å². The van der Waals surface area contributed by atoms with Crippen molar-refractivity contribution in [1.82, 2.24) is 0 Å². The molecule has 2 unspecified atom stereocenters. The monoisotopic (exact) mass is 764 g/mol. The van der Waals surface area contributed by atoms with E-state index in [-0.39, 0.29) is 12.4 Å². The van der Waals surface area contributed by atoms with E-state index in [1.165, 1.54) is 116 Å². The lowest BCUT2D eigenvalue weighted by Gasteiger charge is -2.17. The number of hydrogen-bond acceptors (Lipinski definition) is 8. The van der Waals surface area contributed by atoms with E-state index in [0.29, 0.717) is 19.4 Å². The number of Topliss-reactive ketones (excluding diaryl/α,β-unsaturated/α-hetero) is 1. The second-order valence-electron chi connectivity index (χ2n) is 14.3. The Morgan fingerprint density at radius 2 is 1.02 bits per heavy atom. The SMILES string of the molecule is CCCCCCCC/C=C\CCCCCCC(C(=O)CCCCCCCCCCCCCCCCC)C(=O)OCC(O)COP(=O)(O)O.NCCO. The zero-order chi connectivity index (χ0) is 39.0. The van der Waals surface area contributed by atoms with E-state index in [0.717, 1.165) is 57.8 Å². The van der Waals surface area contributed by atoms with Crippen LogP contribution in [0.2, 0.25) is 0 Å². The number of rotatable bonds is 38. The first-order valence-corrected chi connectivity index (χ1v) is 22.7. The number of phosphoric ester groups is 1. The van der Waals surface area contributed by atoms with E-state index in [1.54, 1.807) is 0 Å². The number of ether oxygens (including phenoxy) is 1. The lowest BCUT2D eigenvalue weighted by Crippen LogP contribution is -2.30. The van der Waals surface area contributed by atoms with Crippen LogP contribution in [0.4, 0.5) is 0 Å². The molecule has 0 spiro atoms. The molecular weight excluding hydrogens is 681 g/mol. The van der Waals surface area contributed by atoms with E-state index in [2.05, 4.69) is 30.5 Å². The third-order valence-corrected chi connectivity index (χ3v) is 9.67. The van der Waals surface area contributed by atoms with Crippen molar-refractivity contribution in [3.63, 3.8) is 0 Å². The van der Waals surface area contributed by atoms with Gasteiger partial charge in [-0.1, -0.05) is 167 Å². The predicted molar refractivity (Wildman–Crippen MR) is 214 cm³/mol. The lowest BCUT2D eigenvalue weighted by molar-refractivity contribution is -0.155. The molecule has 0 amide bonds. The maximum Gasteiger partial charge on any atom is 0.469 e. The van der Waals surface area contributed by atoms with Gasteiger partial charge in [-0.05, 0) is 38.5 Å². The minimum atomic E-state index is -4.74. The molecule has 0 fully saturated rings. The summed E-state index contributed by atoms with van der Waals surface area (Å²) in [5.74, 6) is -1.66. The highest BCUT2D eigenvalue weighted by Gasteiger charge is 2.28. The van der Waals surface area contributed by atoms with Crippen LogP contribution >= 0.6 is 7.82 Å². The van der Waals surface area contributed by atoms with Crippen LogP contribution in [0.5, 0.6) is 0 Å². The molecule has 0 aromatic rings. The Morgan fingerprint density at radius 1 is 0.635 bits per heavy atom. The summed E-state index contributed by atoms with van der Waals surface area (Å²) < 4.78 is 20.3. The van der Waals surface area contributed by atoms with Crippen molar-refractivity contribution >= 4 is 19.6 Å². The van der Waals surface area contributed by atoms with Gasteiger partial charge < -0.3 is 30.5 Å². The van der Waals surface area contributed by atoms with Crippen molar-refractivity contribution in [2.75, 3.05) is 26.4 Å². The molecular formula is C41H82NO9P. The van der Waals surface area contributed by atoms with Crippen molar-refractivity contribution in [3.8, 4) is 0 Å². The number of hydrogen-bond donors (Lipinski definition) is 5. The van der Waals surface area contributed by atoms with Crippen LogP contribution in [-0.4, -0.2) is 64.2 Å². The smallest absolute Gasteiger partial charge is 0.462 e. The Kier molecular flexibility index (Phi) is 41.8. The normalized spacial score (nSPS) is 12.8. The summed E-state index contributed by atoms with van der Waals surface area (Å²) in [5.41, 5.74) is 4.78. The summed E-state index contributed by atoms with van der Waals surface area (Å²) in [6.07, 6.45) is 36.5. The van der Waals surface area contributed by atoms with E-state index in [9.17, 15) is 19.3 Å². The number of phosphoric acid groups is 1. The van der Waals surface area contributed by atoms with Crippen LogP contribution < -0.4 is 5.73 Å². The van der Waals surface area contributed by atoms with Crippen LogP contribution in [0.3, 0.4) is 0 Å². The fourth-order valence-corrected chi connectivity index (χ4v) is 6.37. The number of unbranched alkanes of at least 4 members (excludes halogenated alkanes) is 24. The second kappa shape index (κ2) is 41.0. The molecule has 0 heterocycles. The number of ketones is 1. The standard InChI is InChI=1S/C39H75O8P.C2H7NO/c1-3-5-7-9-11-13-15-17-19-21-23-25-27-29-31-33-38(41)37(39(42)46-34-36(40)35-47-48(43,44)45)32-30-28-26-24-22-20-18-16-14-12-10-8-6-4-2;3-1-2-4/h18,20,36-37,40H,3-17,19,21-35H2,1-2H3,(H2,43,44,45);4H,1-3H2/b20-18-;. The molecule has 10 nitrogen and oxygen atoms in total. The zero-order valence-electron chi connectivity index (χ0n) is 33.5. The number of nitrogens with two attached hydrogens (primary N) is 1. The average molecular weight is 764 g/mol. The fraction of sp³-hybridized carbons (Fsp3) is 0.902. The molecule has 0 radical (unpaired) electrons. The highest BCUT2D eigenvalue weighted by atomic mass is 31.2. The van der Waals surface area contributed by atoms with Gasteiger partial charge in [0.05, 0.1) is 13.2 Å². The van der Waals surface area contributed by atoms with E-state index < -0.39 is 39.0 Å². The van der Waals surface area contributed by atoms with Gasteiger partial charge in [0.2, 0.25) is 0 Å². The van der Waals surface area contributed by atoms with E-state index in [1.807, 2.05) is 0 Å². The molecule has 310 valence electrons. The van der Waals surface area contributed by atoms with Crippen LogP contribution in [0.25, 0.3) is 0 Å². The molecule has 52 heavy (non-hydrogen) atoms. The Bertz CT molecular complexity index is 850. The molecule has 0 aromatic carbocycles. The number of esters is 1. The molecule has 0 aliphatic heterocycles. The lowest BCUT2D eigenvalue weighted by atomic mass is 9.93. The predicted octanol–water partition coefficient (Wildman–Crippen LogP) is 10.0. The molecule has 0 saturated carbocycles. The third-order valence-electron chi connectivity index (χ3n) is 9.19. The Labute approximate surface area is 318 Å². The first kappa shape index (κ1) is 53.0. The van der Waals surface area contributed by atoms with Crippen molar-refractivity contribution in [2.24, 2.45) is 11.7 Å². The molecule has 0 bridgehead atoms. The number of carbonyl (C=O) groups excluding carboxylic acids is 2. The Morgan fingerprint density at radius 3 is 1.42 bits per heavy atom. The number of aliphatic hydroxyl groups excluding tert-OH is 2. The van der Waals surface area contributed by atoms with Gasteiger partial charge in [-0.25, -0.2) is 4.57 Å². The van der Waals surface area contributed by atoms with Gasteiger partial charge in [-0.3, -0.25) is 14.1 Å². The van der Waals surface area contributed by atoms with Gasteiger partial charge in [0.1, 0.15) is 24.4 Å². The summed E-state index contributed by atoms with van der Waals surface area (Å²) in [7, 11) is -4.74. The number of aliphatic hydroxyl groups is 2. The molecule has 2 atom stereocenters. The molecule has 11 heteroatoms. The summed E-state index contributed by atoms with van der Waals surface area (Å²) in [6, 6.07) is 0. The topological polar surface area (TPSA) is 177 Å². The highest BCUT2D eigenvalue weighted by Crippen LogP contribution is 2.35. The molecule has 0 aromatic heterocycles. The summed E-state index contributed by atoms with van der Waals surface area (Å²) >= 11 is 0. The fourth-order valence-electron chi connectivity index (χ4n) is 6.01. The van der Waals surface area contributed by atoms with Gasteiger partial charge in [0, 0.05) is 13.0 Å². The van der Waals surface area contributed by atoms with Crippen molar-refractivity contribution < 1.29 is 43.4 Å². The van der Waals surface area contributed by atoms with E-state index >= 15 is 0 Å².